The second-order valence-corrected chi connectivity index (χ2v) is 6.91. The molecule has 29 heavy (non-hydrogen) atoms. The topological polar surface area (TPSA) is 82.8 Å². The van der Waals surface area contributed by atoms with Gasteiger partial charge in [0.25, 0.3) is 5.91 Å². The Hall–Kier alpha value is -3.52. The highest BCUT2D eigenvalue weighted by Gasteiger charge is 2.17. The summed E-state index contributed by atoms with van der Waals surface area (Å²) in [6.07, 6.45) is 0. The molecule has 0 atom stereocenters. The highest BCUT2D eigenvalue weighted by molar-refractivity contribution is 7.14. The molecule has 2 aromatic carbocycles. The molecule has 4 aromatic rings. The van der Waals surface area contributed by atoms with Gasteiger partial charge in [0, 0.05) is 16.3 Å². The number of nitrogens with zero attached hydrogens (tertiary/aromatic N) is 1. The van der Waals surface area contributed by atoms with E-state index in [1.54, 1.807) is 33.5 Å². The Morgan fingerprint density at radius 1 is 1.00 bits per heavy atom. The number of benzene rings is 2. The van der Waals surface area contributed by atoms with Crippen molar-refractivity contribution < 1.29 is 23.4 Å². The molecule has 4 rings (SSSR count). The summed E-state index contributed by atoms with van der Waals surface area (Å²) < 4.78 is 21.5. The number of furan rings is 1. The normalized spacial score (nSPS) is 10.7. The first kappa shape index (κ1) is 18.8. The molecule has 0 radical (unpaired) electrons. The zero-order chi connectivity index (χ0) is 20.4. The van der Waals surface area contributed by atoms with Crippen LogP contribution in [0.2, 0.25) is 0 Å². The van der Waals surface area contributed by atoms with Gasteiger partial charge in [0.05, 0.1) is 27.0 Å². The smallest absolute Gasteiger partial charge is 0.293 e. The van der Waals surface area contributed by atoms with E-state index in [4.69, 9.17) is 18.6 Å². The lowest BCUT2D eigenvalue weighted by atomic mass is 10.1. The molecule has 0 aliphatic carbocycles. The molecule has 8 heteroatoms. The van der Waals surface area contributed by atoms with Crippen LogP contribution in [0.25, 0.3) is 22.2 Å². The van der Waals surface area contributed by atoms with Crippen molar-refractivity contribution in [3.8, 4) is 28.5 Å². The molecular formula is C21H18N2O5S. The minimum Gasteiger partial charge on any atom is -0.493 e. The summed E-state index contributed by atoms with van der Waals surface area (Å²) in [5, 5.41) is 5.89. The van der Waals surface area contributed by atoms with Crippen molar-refractivity contribution in [2.45, 2.75) is 0 Å². The number of methoxy groups -OCH3 is 3. The number of hydrogen-bond acceptors (Lipinski definition) is 7. The van der Waals surface area contributed by atoms with E-state index in [9.17, 15) is 4.79 Å². The fourth-order valence-electron chi connectivity index (χ4n) is 2.93. The molecule has 1 amide bonds. The third-order valence-electron chi connectivity index (χ3n) is 4.36. The summed E-state index contributed by atoms with van der Waals surface area (Å²) in [6, 6.07) is 12.7. The van der Waals surface area contributed by atoms with Crippen molar-refractivity contribution in [3.63, 3.8) is 0 Å². The van der Waals surface area contributed by atoms with Crippen LogP contribution in [0.3, 0.4) is 0 Å². The quantitative estimate of drug-likeness (QED) is 0.490. The van der Waals surface area contributed by atoms with Crippen LogP contribution in [0, 0.1) is 0 Å². The Kier molecular flexibility index (Phi) is 5.09. The van der Waals surface area contributed by atoms with Crippen LogP contribution in [0.5, 0.6) is 17.2 Å². The van der Waals surface area contributed by atoms with Crippen molar-refractivity contribution >= 4 is 33.3 Å². The number of nitrogens with one attached hydrogen (secondary N) is 1. The van der Waals surface area contributed by atoms with Gasteiger partial charge < -0.3 is 18.6 Å². The van der Waals surface area contributed by atoms with Gasteiger partial charge in [0.15, 0.2) is 33.7 Å². The zero-order valence-corrected chi connectivity index (χ0v) is 16.8. The second-order valence-electron chi connectivity index (χ2n) is 6.05. The Balaban J connectivity index is 1.56. The lowest BCUT2D eigenvalue weighted by Crippen LogP contribution is -2.10. The Bertz CT molecular complexity index is 1180. The van der Waals surface area contributed by atoms with Crippen molar-refractivity contribution in [2.24, 2.45) is 0 Å². The van der Waals surface area contributed by atoms with Crippen molar-refractivity contribution in [1.29, 1.82) is 0 Å². The second kappa shape index (κ2) is 7.84. The molecule has 7 nitrogen and oxygen atoms in total. The number of anilines is 1. The molecule has 2 heterocycles. The predicted octanol–water partition coefficient (Wildman–Crippen LogP) is 4.83. The molecule has 0 saturated carbocycles. The van der Waals surface area contributed by atoms with Crippen LogP contribution in [-0.2, 0) is 0 Å². The molecule has 148 valence electrons. The molecule has 0 unspecified atom stereocenters. The fourth-order valence-corrected chi connectivity index (χ4v) is 3.64. The molecule has 0 spiro atoms. The number of para-hydroxylation sites is 1. The molecule has 2 aromatic heterocycles. The number of rotatable bonds is 6. The van der Waals surface area contributed by atoms with Crippen LogP contribution in [0.15, 0.2) is 52.3 Å². The third kappa shape index (κ3) is 3.62. The summed E-state index contributed by atoms with van der Waals surface area (Å²) in [4.78, 5) is 17.1. The van der Waals surface area contributed by atoms with E-state index in [1.165, 1.54) is 11.3 Å². The van der Waals surface area contributed by atoms with E-state index in [0.717, 1.165) is 16.6 Å². The van der Waals surface area contributed by atoms with Gasteiger partial charge in [-0.1, -0.05) is 12.1 Å². The number of aromatic nitrogens is 1. The van der Waals surface area contributed by atoms with E-state index in [1.807, 2.05) is 35.7 Å². The third-order valence-corrected chi connectivity index (χ3v) is 5.11. The largest absolute Gasteiger partial charge is 0.493 e. The fraction of sp³-hybridized carbons (Fsp3) is 0.143. The number of hydrogen-bond donors (Lipinski definition) is 1. The minimum atomic E-state index is -0.378. The maximum atomic E-state index is 12.6. The van der Waals surface area contributed by atoms with Crippen molar-refractivity contribution in [3.05, 3.63) is 53.6 Å². The first-order valence-corrected chi connectivity index (χ1v) is 9.56. The number of fused-ring (bicyclic) bond motifs is 1. The van der Waals surface area contributed by atoms with Gasteiger partial charge in [-0.15, -0.1) is 11.3 Å². The van der Waals surface area contributed by atoms with E-state index in [-0.39, 0.29) is 11.7 Å². The summed E-state index contributed by atoms with van der Waals surface area (Å²) in [7, 11) is 4.72. The summed E-state index contributed by atoms with van der Waals surface area (Å²) in [5.41, 5.74) is 2.11. The average molecular weight is 410 g/mol. The van der Waals surface area contributed by atoms with Gasteiger partial charge in [0.1, 0.15) is 0 Å². The predicted molar refractivity (Wildman–Crippen MR) is 111 cm³/mol. The monoisotopic (exact) mass is 410 g/mol. The summed E-state index contributed by atoms with van der Waals surface area (Å²) in [5.74, 6) is 1.63. The molecule has 0 saturated heterocycles. The van der Waals surface area contributed by atoms with Crippen LogP contribution in [0.4, 0.5) is 5.13 Å². The maximum absolute atomic E-state index is 12.6. The Labute approximate surface area is 170 Å². The van der Waals surface area contributed by atoms with Crippen LogP contribution < -0.4 is 19.5 Å². The van der Waals surface area contributed by atoms with E-state index in [2.05, 4.69) is 10.3 Å². The SMILES string of the molecule is COc1ccc(-c2csc(NC(=O)c3cc4cccc(OC)c4o3)n2)cc1OC. The van der Waals surface area contributed by atoms with Gasteiger partial charge >= 0.3 is 0 Å². The van der Waals surface area contributed by atoms with Gasteiger partial charge in [-0.3, -0.25) is 10.1 Å². The number of amides is 1. The first-order valence-electron chi connectivity index (χ1n) is 8.68. The lowest BCUT2D eigenvalue weighted by molar-refractivity contribution is 0.0998. The number of carbonyl (C=O) groups excluding carboxylic acids is 1. The Morgan fingerprint density at radius 2 is 1.79 bits per heavy atom. The van der Waals surface area contributed by atoms with E-state index >= 15 is 0 Å². The number of carbonyl (C=O) groups is 1. The number of thiazole rings is 1. The maximum Gasteiger partial charge on any atom is 0.293 e. The van der Waals surface area contributed by atoms with Gasteiger partial charge in [0.2, 0.25) is 0 Å². The minimum absolute atomic E-state index is 0.187. The van der Waals surface area contributed by atoms with Crippen molar-refractivity contribution in [1.82, 2.24) is 4.98 Å². The van der Waals surface area contributed by atoms with Crippen LogP contribution >= 0.6 is 11.3 Å². The summed E-state index contributed by atoms with van der Waals surface area (Å²) in [6.45, 7) is 0. The molecule has 0 aliphatic heterocycles. The summed E-state index contributed by atoms with van der Waals surface area (Å²) >= 11 is 1.32. The van der Waals surface area contributed by atoms with E-state index in [0.29, 0.717) is 28.0 Å². The standard InChI is InChI=1S/C21H18N2O5S/c1-25-15-8-7-12(9-17(15)27-3)14-11-29-21(22-14)23-20(24)18-10-13-5-4-6-16(26-2)19(13)28-18/h4-11H,1-3H3,(H,22,23,24). The van der Waals surface area contributed by atoms with Gasteiger partial charge in [-0.25, -0.2) is 4.98 Å². The van der Waals surface area contributed by atoms with Crippen LogP contribution in [0.1, 0.15) is 10.6 Å². The lowest BCUT2D eigenvalue weighted by Gasteiger charge is -2.08. The Morgan fingerprint density at radius 3 is 2.55 bits per heavy atom. The highest BCUT2D eigenvalue weighted by atomic mass is 32.1. The zero-order valence-electron chi connectivity index (χ0n) is 16.0. The van der Waals surface area contributed by atoms with Gasteiger partial charge in [-0.2, -0.15) is 0 Å². The molecule has 0 fully saturated rings. The highest BCUT2D eigenvalue weighted by Crippen LogP contribution is 2.34. The average Bonchev–Trinajstić information content (AvgIpc) is 3.40. The van der Waals surface area contributed by atoms with E-state index < -0.39 is 0 Å². The van der Waals surface area contributed by atoms with Crippen molar-refractivity contribution in [2.75, 3.05) is 26.6 Å². The molecular weight excluding hydrogens is 392 g/mol. The first-order chi connectivity index (χ1) is 14.1. The molecule has 0 bridgehead atoms. The van der Waals surface area contributed by atoms with Crippen LogP contribution in [-0.4, -0.2) is 32.2 Å². The van der Waals surface area contributed by atoms with Gasteiger partial charge in [-0.05, 0) is 30.3 Å². The molecule has 1 N–H and O–H groups in total. The molecule has 0 aliphatic rings. The number of ether oxygens (including phenoxy) is 3.